The van der Waals surface area contributed by atoms with E-state index in [0.29, 0.717) is 55.1 Å². The van der Waals surface area contributed by atoms with E-state index in [4.69, 9.17) is 9.72 Å². The number of H-pyrrole nitrogens is 1. The predicted molar refractivity (Wildman–Crippen MR) is 117 cm³/mol. The Balaban J connectivity index is 1.55. The number of morpholine rings is 1. The summed E-state index contributed by atoms with van der Waals surface area (Å²) in [5, 5.41) is 14.1. The minimum Gasteiger partial charge on any atom is -0.393 e. The number of aromatic amines is 1. The van der Waals surface area contributed by atoms with Crippen LogP contribution in [0.4, 0.5) is 11.8 Å². The minimum absolute atomic E-state index is 0.0652. The number of aromatic nitrogens is 3. The maximum atomic E-state index is 13.2. The highest BCUT2D eigenvalue weighted by Crippen LogP contribution is 2.34. The maximum Gasteiger partial charge on any atom is 0.264 e. The molecule has 0 aromatic carbocycles. The molecular weight excluding hydrogens is 402 g/mol. The third kappa shape index (κ3) is 3.86. The molecule has 5 rings (SSSR count). The summed E-state index contributed by atoms with van der Waals surface area (Å²) in [6, 6.07) is 0.0652. The SMILES string of the molecule is O=c1[nH]c(N2CCOCC2)nc(NC2CCCC(O)C2)c1-c1nc2c(s1)C=C=C=C2. The van der Waals surface area contributed by atoms with E-state index in [1.807, 2.05) is 11.0 Å². The average molecular weight is 426 g/mol. The number of fused-ring (bicyclic) bond motifs is 1. The number of rotatable bonds is 4. The monoisotopic (exact) mass is 425 g/mol. The van der Waals surface area contributed by atoms with Gasteiger partial charge in [-0.25, -0.2) is 4.98 Å². The molecule has 3 aliphatic rings. The first kappa shape index (κ1) is 19.3. The van der Waals surface area contributed by atoms with Gasteiger partial charge in [0.25, 0.3) is 5.56 Å². The molecule has 2 atom stereocenters. The summed E-state index contributed by atoms with van der Waals surface area (Å²) >= 11 is 1.44. The highest BCUT2D eigenvalue weighted by molar-refractivity contribution is 7.16. The summed E-state index contributed by atoms with van der Waals surface area (Å²) in [6.07, 6.45) is 6.60. The van der Waals surface area contributed by atoms with Gasteiger partial charge in [0.15, 0.2) is 0 Å². The van der Waals surface area contributed by atoms with E-state index in [9.17, 15) is 9.90 Å². The number of aliphatic hydroxyl groups excluding tert-OH is 1. The fourth-order valence-electron chi connectivity index (χ4n) is 4.05. The Kier molecular flexibility index (Phi) is 5.29. The van der Waals surface area contributed by atoms with E-state index >= 15 is 0 Å². The van der Waals surface area contributed by atoms with Crippen LogP contribution in [0.3, 0.4) is 0 Å². The van der Waals surface area contributed by atoms with Crippen molar-refractivity contribution in [2.75, 3.05) is 36.5 Å². The second-order valence-electron chi connectivity index (χ2n) is 7.72. The Labute approximate surface area is 177 Å². The van der Waals surface area contributed by atoms with E-state index in [-0.39, 0.29) is 17.7 Å². The fourth-order valence-corrected chi connectivity index (χ4v) is 5.02. The second kappa shape index (κ2) is 8.22. The lowest BCUT2D eigenvalue weighted by molar-refractivity contribution is 0.122. The van der Waals surface area contributed by atoms with Crippen LogP contribution in [0.5, 0.6) is 0 Å². The lowest BCUT2D eigenvalue weighted by Gasteiger charge is -2.30. The van der Waals surface area contributed by atoms with Gasteiger partial charge in [0, 0.05) is 31.3 Å². The van der Waals surface area contributed by atoms with Crippen LogP contribution in [-0.2, 0) is 4.74 Å². The van der Waals surface area contributed by atoms with Gasteiger partial charge in [-0.05, 0) is 25.7 Å². The van der Waals surface area contributed by atoms with Crippen molar-refractivity contribution in [3.63, 3.8) is 0 Å². The summed E-state index contributed by atoms with van der Waals surface area (Å²) in [4.78, 5) is 28.5. The Bertz CT molecular complexity index is 1070. The van der Waals surface area contributed by atoms with Crippen LogP contribution in [0, 0.1) is 0 Å². The number of hydrogen-bond donors (Lipinski definition) is 3. The summed E-state index contributed by atoms with van der Waals surface area (Å²) in [5.41, 5.74) is 6.84. The molecule has 9 heteroatoms. The summed E-state index contributed by atoms with van der Waals surface area (Å²) in [6.45, 7) is 2.56. The summed E-state index contributed by atoms with van der Waals surface area (Å²) in [7, 11) is 0. The second-order valence-corrected chi connectivity index (χ2v) is 8.75. The summed E-state index contributed by atoms with van der Waals surface area (Å²) in [5.74, 6) is 1.06. The van der Waals surface area contributed by atoms with Crippen molar-refractivity contribution < 1.29 is 9.84 Å². The molecular formula is C21H23N5O3S. The molecule has 0 spiro atoms. The number of thiazole rings is 1. The highest BCUT2D eigenvalue weighted by Gasteiger charge is 2.26. The standard InChI is InChI=1S/C21H23N5O3S/c27-14-5-3-4-13(12-14)22-18-17(20-23-15-6-1-2-7-16(15)30-20)19(28)25-21(24-18)26-8-10-29-11-9-26/h6-7,13-14,27H,3-5,8-12H2,(H2,22,24,25,28). The molecule has 2 unspecified atom stereocenters. The van der Waals surface area contributed by atoms with Gasteiger partial charge in [0.1, 0.15) is 16.4 Å². The Morgan fingerprint density at radius 1 is 1.23 bits per heavy atom. The number of nitrogens with one attached hydrogen (secondary N) is 2. The average Bonchev–Trinajstić information content (AvgIpc) is 3.17. The van der Waals surface area contributed by atoms with E-state index in [1.165, 1.54) is 11.3 Å². The normalized spacial score (nSPS) is 22.9. The third-order valence-electron chi connectivity index (χ3n) is 5.60. The Hall–Kier alpha value is -2.67. The molecule has 2 aromatic rings. The smallest absolute Gasteiger partial charge is 0.264 e. The van der Waals surface area contributed by atoms with Gasteiger partial charge < -0.3 is 20.1 Å². The minimum atomic E-state index is -0.325. The van der Waals surface area contributed by atoms with Crippen LogP contribution in [0.15, 0.2) is 16.3 Å². The van der Waals surface area contributed by atoms with Crippen LogP contribution in [-0.4, -0.2) is 58.5 Å². The predicted octanol–water partition coefficient (Wildman–Crippen LogP) is 2.24. The first-order valence-electron chi connectivity index (χ1n) is 10.3. The van der Waals surface area contributed by atoms with Gasteiger partial charge in [-0.3, -0.25) is 9.78 Å². The fraction of sp³-hybridized carbons (Fsp3) is 0.476. The maximum absolute atomic E-state index is 13.2. The molecule has 0 amide bonds. The molecule has 3 heterocycles. The van der Waals surface area contributed by atoms with Gasteiger partial charge >= 0.3 is 0 Å². The molecule has 1 saturated heterocycles. The van der Waals surface area contributed by atoms with Crippen LogP contribution < -0.4 is 15.8 Å². The van der Waals surface area contributed by atoms with E-state index in [1.54, 1.807) is 6.08 Å². The molecule has 2 aliphatic carbocycles. The largest absolute Gasteiger partial charge is 0.393 e. The Morgan fingerprint density at radius 3 is 2.87 bits per heavy atom. The zero-order valence-corrected chi connectivity index (χ0v) is 17.3. The molecule has 1 saturated carbocycles. The molecule has 0 radical (unpaired) electrons. The van der Waals surface area contributed by atoms with E-state index < -0.39 is 0 Å². The third-order valence-corrected chi connectivity index (χ3v) is 6.63. The number of aliphatic hydroxyl groups is 1. The van der Waals surface area contributed by atoms with Crippen molar-refractivity contribution in [1.82, 2.24) is 15.0 Å². The molecule has 30 heavy (non-hydrogen) atoms. The molecule has 1 aliphatic heterocycles. The van der Waals surface area contributed by atoms with Crippen LogP contribution in [0.25, 0.3) is 22.7 Å². The summed E-state index contributed by atoms with van der Waals surface area (Å²) < 4.78 is 5.42. The molecule has 0 bridgehead atoms. The zero-order valence-electron chi connectivity index (χ0n) is 16.5. The van der Waals surface area contributed by atoms with Gasteiger partial charge in [0.05, 0.1) is 29.9 Å². The lowest BCUT2D eigenvalue weighted by Crippen LogP contribution is -2.39. The van der Waals surface area contributed by atoms with Gasteiger partial charge in [-0.1, -0.05) is 11.5 Å². The highest BCUT2D eigenvalue weighted by atomic mass is 32.1. The lowest BCUT2D eigenvalue weighted by atomic mass is 9.93. The zero-order chi connectivity index (χ0) is 20.5. The molecule has 2 aromatic heterocycles. The van der Waals surface area contributed by atoms with Crippen molar-refractivity contribution in [3.05, 3.63) is 32.4 Å². The Morgan fingerprint density at radius 2 is 2.07 bits per heavy atom. The molecule has 2 fully saturated rings. The quantitative estimate of drug-likeness (QED) is 0.551. The van der Waals surface area contributed by atoms with Crippen molar-refractivity contribution in [3.8, 4) is 10.6 Å². The van der Waals surface area contributed by atoms with Crippen molar-refractivity contribution in [2.24, 2.45) is 0 Å². The van der Waals surface area contributed by atoms with Crippen molar-refractivity contribution in [2.45, 2.75) is 37.8 Å². The molecule has 156 valence electrons. The number of nitrogens with zero attached hydrogens (tertiary/aromatic N) is 3. The molecule has 3 N–H and O–H groups in total. The topological polar surface area (TPSA) is 103 Å². The van der Waals surface area contributed by atoms with Crippen molar-refractivity contribution >= 4 is 35.3 Å². The number of anilines is 2. The van der Waals surface area contributed by atoms with Crippen LogP contribution >= 0.6 is 11.3 Å². The van der Waals surface area contributed by atoms with Crippen LogP contribution in [0.2, 0.25) is 0 Å². The first-order chi connectivity index (χ1) is 14.7. The van der Waals surface area contributed by atoms with Gasteiger partial charge in [-0.2, -0.15) is 4.98 Å². The number of hydrogen-bond acceptors (Lipinski definition) is 8. The first-order valence-corrected chi connectivity index (χ1v) is 11.1. The van der Waals surface area contributed by atoms with Crippen molar-refractivity contribution in [1.29, 1.82) is 0 Å². The van der Waals surface area contributed by atoms with E-state index in [2.05, 4.69) is 26.7 Å². The number of ether oxygens (including phenoxy) is 1. The van der Waals surface area contributed by atoms with Gasteiger partial charge in [-0.15, -0.1) is 11.3 Å². The van der Waals surface area contributed by atoms with Gasteiger partial charge in [0.2, 0.25) is 5.95 Å². The van der Waals surface area contributed by atoms with E-state index in [0.717, 1.165) is 29.8 Å². The van der Waals surface area contributed by atoms with Crippen LogP contribution in [0.1, 0.15) is 36.3 Å². The molecule has 8 nitrogen and oxygen atoms in total.